The number of aromatic nitrogens is 2. The molecule has 1 saturated heterocycles. The lowest BCUT2D eigenvalue weighted by molar-refractivity contribution is 0.235. The summed E-state index contributed by atoms with van der Waals surface area (Å²) < 4.78 is 19.5. The molecule has 9 nitrogen and oxygen atoms in total. The Labute approximate surface area is 262 Å². The van der Waals surface area contributed by atoms with Gasteiger partial charge in [-0.05, 0) is 76.7 Å². The number of methoxy groups -OCH3 is 1. The molecule has 2 aromatic carbocycles. The van der Waals surface area contributed by atoms with Crippen LogP contribution in [0.15, 0.2) is 41.1 Å². The van der Waals surface area contributed by atoms with E-state index in [9.17, 15) is 4.39 Å². The van der Waals surface area contributed by atoms with Crippen molar-refractivity contribution < 1.29 is 9.13 Å². The molecule has 43 heavy (non-hydrogen) atoms. The first kappa shape index (κ1) is 31.2. The van der Waals surface area contributed by atoms with E-state index < -0.39 is 0 Å². The molecule has 0 atom stereocenters. The predicted molar refractivity (Wildman–Crippen MR) is 182 cm³/mol. The summed E-state index contributed by atoms with van der Waals surface area (Å²) in [4.78, 5) is 13.8. The lowest BCUT2D eigenvalue weighted by atomic mass is 9.88. The topological polar surface area (TPSA) is 101 Å². The van der Waals surface area contributed by atoms with Crippen molar-refractivity contribution in [1.29, 1.82) is 5.41 Å². The molecule has 2 heterocycles. The minimum absolute atomic E-state index is 0.305. The largest absolute Gasteiger partial charge is 0.494 e. The average molecular weight is 670 g/mol. The maximum absolute atomic E-state index is 12.9. The first-order valence-corrected chi connectivity index (χ1v) is 17.4. The monoisotopic (exact) mass is 668 g/mol. The van der Waals surface area contributed by atoms with Gasteiger partial charge in [-0.3, -0.25) is 4.90 Å². The van der Waals surface area contributed by atoms with Crippen molar-refractivity contribution in [3.8, 4) is 5.75 Å². The standard InChI is InChI=1S/C31H39BrFN8OP/c1-35-18-22(17-34)23-15-25(28(42-2)16-27(23)41-11-9-40(8-7-33)10-12-41)38-31-36-19-24(32)30(39-31)37-26-13-20-5-6-21(20)14-29(26)43(3)4/h13-19,34-35H,5-12H2,1-4H3,(H2,36,37,38,39)/b22-18+,34-17?. The normalized spacial score (nSPS) is 15.1. The first-order chi connectivity index (χ1) is 20.8. The van der Waals surface area contributed by atoms with Crippen LogP contribution in [0.3, 0.4) is 0 Å². The van der Waals surface area contributed by atoms with Crippen molar-refractivity contribution in [3.05, 3.63) is 57.8 Å². The molecular weight excluding hydrogens is 630 g/mol. The summed E-state index contributed by atoms with van der Waals surface area (Å²) >= 11 is 3.63. The third kappa shape index (κ3) is 6.95. The molecule has 1 fully saturated rings. The Morgan fingerprint density at radius 2 is 1.84 bits per heavy atom. The molecule has 12 heteroatoms. The van der Waals surface area contributed by atoms with Crippen LogP contribution in [0.5, 0.6) is 5.75 Å². The molecular formula is C31H39BrFN8OP. The number of halogens is 2. The number of benzene rings is 2. The Morgan fingerprint density at radius 3 is 2.47 bits per heavy atom. The number of aryl methyl sites for hydroxylation is 2. The number of hydrogen-bond donors (Lipinski definition) is 4. The summed E-state index contributed by atoms with van der Waals surface area (Å²) in [5, 5.41) is 19.5. The van der Waals surface area contributed by atoms with Crippen LogP contribution < -0.4 is 30.9 Å². The maximum atomic E-state index is 12.9. The second-order valence-corrected chi connectivity index (χ2v) is 13.9. The van der Waals surface area contributed by atoms with Crippen LogP contribution in [0, 0.1) is 5.41 Å². The van der Waals surface area contributed by atoms with Gasteiger partial charge < -0.3 is 31.0 Å². The van der Waals surface area contributed by atoms with E-state index in [0.717, 1.165) is 66.0 Å². The zero-order valence-electron chi connectivity index (χ0n) is 25.1. The highest BCUT2D eigenvalue weighted by Gasteiger charge is 2.23. The molecule has 2 aliphatic rings. The van der Waals surface area contributed by atoms with Crippen LogP contribution in [0.25, 0.3) is 5.57 Å². The van der Waals surface area contributed by atoms with Gasteiger partial charge in [-0.15, -0.1) is 0 Å². The predicted octanol–water partition coefficient (Wildman–Crippen LogP) is 5.50. The quantitative estimate of drug-likeness (QED) is 0.148. The Morgan fingerprint density at radius 1 is 1.09 bits per heavy atom. The smallest absolute Gasteiger partial charge is 0.229 e. The fourth-order valence-electron chi connectivity index (χ4n) is 5.48. The molecule has 0 unspecified atom stereocenters. The second-order valence-electron chi connectivity index (χ2n) is 10.8. The van der Waals surface area contributed by atoms with Gasteiger partial charge >= 0.3 is 0 Å². The van der Waals surface area contributed by atoms with E-state index in [-0.39, 0.29) is 14.6 Å². The summed E-state index contributed by atoms with van der Waals surface area (Å²) in [6.45, 7) is 7.69. The molecule has 3 aromatic rings. The van der Waals surface area contributed by atoms with E-state index in [4.69, 9.17) is 15.1 Å². The van der Waals surface area contributed by atoms with Crippen molar-refractivity contribution in [2.24, 2.45) is 0 Å². The van der Waals surface area contributed by atoms with Gasteiger partial charge in [0.2, 0.25) is 5.95 Å². The van der Waals surface area contributed by atoms with Gasteiger partial charge in [0, 0.05) is 87.0 Å². The van der Waals surface area contributed by atoms with Crippen molar-refractivity contribution in [2.75, 3.05) is 82.4 Å². The summed E-state index contributed by atoms with van der Waals surface area (Å²) in [6.07, 6.45) is 7.14. The van der Waals surface area contributed by atoms with Crippen LogP contribution in [0.2, 0.25) is 0 Å². The van der Waals surface area contributed by atoms with Crippen LogP contribution in [0.4, 0.5) is 33.2 Å². The van der Waals surface area contributed by atoms with Gasteiger partial charge in [-0.1, -0.05) is 7.92 Å². The number of rotatable bonds is 12. The van der Waals surface area contributed by atoms with Crippen LogP contribution in [-0.4, -0.2) is 88.0 Å². The Kier molecular flexibility index (Phi) is 10.2. The summed E-state index contributed by atoms with van der Waals surface area (Å²) in [7, 11) is 3.15. The number of ether oxygens (including phenoxy) is 1. The SMILES string of the molecule is CN/C=C(\C=N)c1cc(Nc2ncc(Br)c(Nc3cc4c(cc3P(C)C)CC4)n2)c(OC)cc1N1CCN(CCF)CC1. The zero-order chi connectivity index (χ0) is 30.5. The van der Waals surface area contributed by atoms with Gasteiger partial charge in [0.15, 0.2) is 0 Å². The van der Waals surface area contributed by atoms with E-state index in [1.54, 1.807) is 13.3 Å². The van der Waals surface area contributed by atoms with Gasteiger partial charge in [-0.25, -0.2) is 9.37 Å². The minimum Gasteiger partial charge on any atom is -0.494 e. The Balaban J connectivity index is 1.47. The Bertz CT molecular complexity index is 1510. The minimum atomic E-state index is -0.343. The van der Waals surface area contributed by atoms with E-state index >= 15 is 0 Å². The molecule has 0 radical (unpaired) electrons. The molecule has 1 aromatic heterocycles. The lowest BCUT2D eigenvalue weighted by Gasteiger charge is -2.37. The van der Waals surface area contributed by atoms with Crippen molar-refractivity contribution in [2.45, 2.75) is 12.8 Å². The second kappa shape index (κ2) is 14.0. The van der Waals surface area contributed by atoms with E-state index in [2.05, 4.69) is 72.1 Å². The number of hydrogen-bond acceptors (Lipinski definition) is 9. The highest BCUT2D eigenvalue weighted by molar-refractivity contribution is 9.10. The molecule has 4 N–H and O–H groups in total. The van der Waals surface area contributed by atoms with Gasteiger partial charge in [-0.2, -0.15) is 4.98 Å². The highest BCUT2D eigenvalue weighted by Crippen LogP contribution is 2.39. The van der Waals surface area contributed by atoms with Crippen LogP contribution in [0.1, 0.15) is 16.7 Å². The number of fused-ring (bicyclic) bond motifs is 1. The maximum Gasteiger partial charge on any atom is 0.229 e. The molecule has 1 aliphatic heterocycles. The fourth-order valence-corrected chi connectivity index (χ4v) is 6.79. The lowest BCUT2D eigenvalue weighted by Crippen LogP contribution is -2.47. The molecule has 5 rings (SSSR count). The van der Waals surface area contributed by atoms with Gasteiger partial charge in [0.1, 0.15) is 18.2 Å². The van der Waals surface area contributed by atoms with Crippen molar-refractivity contribution in [1.82, 2.24) is 20.2 Å². The number of allylic oxidation sites excluding steroid dienone is 1. The number of piperazine rings is 1. The molecule has 228 valence electrons. The summed E-state index contributed by atoms with van der Waals surface area (Å²) in [5.74, 6) is 1.72. The van der Waals surface area contributed by atoms with Crippen LogP contribution in [-0.2, 0) is 12.8 Å². The highest BCUT2D eigenvalue weighted by atomic mass is 79.9. The third-order valence-electron chi connectivity index (χ3n) is 7.90. The molecule has 0 amide bonds. The number of nitrogens with one attached hydrogen (secondary N) is 4. The molecule has 0 bridgehead atoms. The van der Waals surface area contributed by atoms with E-state index in [1.807, 2.05) is 25.4 Å². The number of alkyl halides is 1. The van der Waals surface area contributed by atoms with Crippen molar-refractivity contribution in [3.63, 3.8) is 0 Å². The molecule has 1 aliphatic carbocycles. The van der Waals surface area contributed by atoms with Gasteiger partial charge in [0.25, 0.3) is 0 Å². The fraction of sp³-hybridized carbons (Fsp3) is 0.387. The van der Waals surface area contributed by atoms with E-state index in [0.29, 0.717) is 29.7 Å². The summed E-state index contributed by atoms with van der Waals surface area (Å²) in [6, 6.07) is 8.57. The van der Waals surface area contributed by atoms with Crippen LogP contribution >= 0.6 is 23.9 Å². The van der Waals surface area contributed by atoms with Crippen molar-refractivity contribution >= 4 is 69.8 Å². The first-order valence-electron chi connectivity index (χ1n) is 14.4. The third-order valence-corrected chi connectivity index (χ3v) is 9.82. The average Bonchev–Trinajstić information content (AvgIpc) is 2.99. The summed E-state index contributed by atoms with van der Waals surface area (Å²) in [5.41, 5.74) is 7.15. The molecule has 0 spiro atoms. The number of anilines is 5. The molecule has 0 saturated carbocycles. The van der Waals surface area contributed by atoms with Gasteiger partial charge in [0.05, 0.1) is 17.3 Å². The zero-order valence-corrected chi connectivity index (χ0v) is 27.6. The van der Waals surface area contributed by atoms with E-state index in [1.165, 1.54) is 22.6 Å². The Hall–Kier alpha value is -3.27. The number of nitrogens with zero attached hydrogens (tertiary/aromatic N) is 4.